The third kappa shape index (κ3) is 8.98. The molecule has 0 aliphatic heterocycles. The number of hydrogen-bond acceptors (Lipinski definition) is 1. The zero-order chi connectivity index (χ0) is 4.12. The van der Waals surface area contributed by atoms with Gasteiger partial charge >= 0.3 is 0 Å². The van der Waals surface area contributed by atoms with Crippen LogP contribution in [0.4, 0.5) is 0 Å². The zero-order valence-electron chi connectivity index (χ0n) is 4.41. The fourth-order valence-corrected chi connectivity index (χ4v) is 0.204. The van der Waals surface area contributed by atoms with Crippen molar-refractivity contribution in [3.63, 3.8) is 0 Å². The van der Waals surface area contributed by atoms with Gasteiger partial charge in [-0.1, -0.05) is 26.1 Å². The molecule has 1 nitrogen and oxygen atoms in total. The first-order valence-corrected chi connectivity index (χ1v) is 2.12. The Balaban J connectivity index is 0. The first-order chi connectivity index (χ1) is 2.41. The van der Waals surface area contributed by atoms with Crippen molar-refractivity contribution in [2.75, 3.05) is 0 Å². The average molecular weight is 85.0 g/mol. The molecule has 0 heterocycles. The van der Waals surface area contributed by atoms with E-state index in [9.17, 15) is 0 Å². The highest BCUT2D eigenvalue weighted by atomic mass is 14.0. The standard InChI is InChI=1S/C4H9B.H3N/c1-2-3-4-5;/h2-4H2,1H3;1H3. The lowest BCUT2D eigenvalue weighted by Crippen LogP contribution is -1.63. The van der Waals surface area contributed by atoms with Crippen LogP contribution in [0.25, 0.3) is 0 Å². The molecule has 0 aliphatic carbocycles. The van der Waals surface area contributed by atoms with Crippen molar-refractivity contribution in [1.82, 2.24) is 6.15 Å². The number of hydrogen-bond donors (Lipinski definition) is 1. The van der Waals surface area contributed by atoms with E-state index in [4.69, 9.17) is 7.85 Å². The lowest BCUT2D eigenvalue weighted by atomic mass is 10.0. The minimum absolute atomic E-state index is 0. The molecule has 0 fully saturated rings. The van der Waals surface area contributed by atoms with Crippen LogP contribution in [0.15, 0.2) is 0 Å². The fraction of sp³-hybridized carbons (Fsp3) is 1.00. The van der Waals surface area contributed by atoms with E-state index in [0.717, 1.165) is 6.32 Å². The molecule has 0 saturated carbocycles. The van der Waals surface area contributed by atoms with Crippen LogP contribution in [0.5, 0.6) is 0 Å². The van der Waals surface area contributed by atoms with E-state index >= 15 is 0 Å². The molecule has 2 heteroatoms. The van der Waals surface area contributed by atoms with Gasteiger partial charge in [0.25, 0.3) is 0 Å². The predicted octanol–water partition coefficient (Wildman–Crippen LogP) is 1.54. The van der Waals surface area contributed by atoms with E-state index < -0.39 is 0 Å². The molecular weight excluding hydrogens is 72.9 g/mol. The van der Waals surface area contributed by atoms with Gasteiger partial charge in [0.15, 0.2) is 0 Å². The van der Waals surface area contributed by atoms with E-state index in [1.54, 1.807) is 0 Å². The minimum Gasteiger partial charge on any atom is -0.344 e. The highest BCUT2D eigenvalue weighted by Crippen LogP contribution is 1.86. The van der Waals surface area contributed by atoms with Crippen LogP contribution >= 0.6 is 0 Å². The van der Waals surface area contributed by atoms with Gasteiger partial charge in [-0.15, -0.1) is 0 Å². The van der Waals surface area contributed by atoms with Crippen molar-refractivity contribution in [2.45, 2.75) is 26.1 Å². The maximum atomic E-state index is 5.14. The maximum absolute atomic E-state index is 5.14. The summed E-state index contributed by atoms with van der Waals surface area (Å²) in [6.45, 7) is 2.13. The Morgan fingerprint density at radius 3 is 2.00 bits per heavy atom. The van der Waals surface area contributed by atoms with Gasteiger partial charge in [0.1, 0.15) is 0 Å². The molecule has 0 aliphatic rings. The molecule has 36 valence electrons. The molecule has 0 bridgehead atoms. The maximum Gasteiger partial charge on any atom is 0.0652 e. The Hall–Kier alpha value is 0.0249. The largest absolute Gasteiger partial charge is 0.344 e. The molecular formula is C4H12BN. The summed E-state index contributed by atoms with van der Waals surface area (Å²) in [5.41, 5.74) is 0. The normalized spacial score (nSPS) is 6.83. The lowest BCUT2D eigenvalue weighted by Gasteiger charge is -1.79. The van der Waals surface area contributed by atoms with Crippen LogP contribution in [0.3, 0.4) is 0 Å². The molecule has 0 saturated heterocycles. The molecule has 0 aromatic carbocycles. The molecule has 0 aromatic rings. The zero-order valence-corrected chi connectivity index (χ0v) is 4.41. The Morgan fingerprint density at radius 2 is 2.00 bits per heavy atom. The van der Waals surface area contributed by atoms with E-state index in [2.05, 4.69) is 6.92 Å². The molecule has 0 aromatic heterocycles. The summed E-state index contributed by atoms with van der Waals surface area (Å²) in [6, 6.07) is 0. The van der Waals surface area contributed by atoms with Crippen LogP contribution in [0, 0.1) is 0 Å². The number of rotatable bonds is 2. The van der Waals surface area contributed by atoms with Gasteiger partial charge in [-0.05, 0) is 0 Å². The summed E-state index contributed by atoms with van der Waals surface area (Å²) in [5, 5.41) is 0. The van der Waals surface area contributed by atoms with Crippen LogP contribution in [-0.4, -0.2) is 7.85 Å². The Labute approximate surface area is 41.1 Å². The third-order valence-electron chi connectivity index (χ3n) is 0.558. The van der Waals surface area contributed by atoms with Crippen molar-refractivity contribution in [3.05, 3.63) is 0 Å². The van der Waals surface area contributed by atoms with Crippen LogP contribution in [0.1, 0.15) is 19.8 Å². The lowest BCUT2D eigenvalue weighted by molar-refractivity contribution is 0.884. The Morgan fingerprint density at radius 1 is 1.50 bits per heavy atom. The smallest absolute Gasteiger partial charge is 0.0652 e. The molecule has 0 atom stereocenters. The molecule has 0 spiro atoms. The quantitative estimate of drug-likeness (QED) is 0.507. The monoisotopic (exact) mass is 85.1 g/mol. The van der Waals surface area contributed by atoms with Gasteiger partial charge < -0.3 is 6.15 Å². The van der Waals surface area contributed by atoms with E-state index in [1.807, 2.05) is 0 Å². The third-order valence-corrected chi connectivity index (χ3v) is 0.558. The van der Waals surface area contributed by atoms with Gasteiger partial charge in [-0.25, -0.2) is 0 Å². The van der Waals surface area contributed by atoms with Crippen molar-refractivity contribution < 1.29 is 0 Å². The van der Waals surface area contributed by atoms with Crippen molar-refractivity contribution in [3.8, 4) is 0 Å². The highest BCUT2D eigenvalue weighted by molar-refractivity contribution is 6.08. The molecule has 3 N–H and O–H groups in total. The highest BCUT2D eigenvalue weighted by Gasteiger charge is 1.68. The Kier molecular flexibility index (Phi) is 13.9. The second-order valence-corrected chi connectivity index (χ2v) is 1.14. The SMILES string of the molecule is N.[B]CCCC. The summed E-state index contributed by atoms with van der Waals surface area (Å²) in [6.07, 6.45) is 3.23. The van der Waals surface area contributed by atoms with Crippen molar-refractivity contribution >= 4 is 7.85 Å². The van der Waals surface area contributed by atoms with Crippen LogP contribution < -0.4 is 6.15 Å². The molecule has 6 heavy (non-hydrogen) atoms. The van der Waals surface area contributed by atoms with Gasteiger partial charge in [-0.3, -0.25) is 0 Å². The molecule has 0 rings (SSSR count). The van der Waals surface area contributed by atoms with Crippen molar-refractivity contribution in [1.29, 1.82) is 0 Å². The predicted molar refractivity (Wildman–Crippen MR) is 30.5 cm³/mol. The van der Waals surface area contributed by atoms with Crippen LogP contribution in [-0.2, 0) is 0 Å². The summed E-state index contributed by atoms with van der Waals surface area (Å²) in [7, 11) is 5.14. The summed E-state index contributed by atoms with van der Waals surface area (Å²) in [4.78, 5) is 0. The molecule has 0 amide bonds. The molecule has 0 unspecified atom stereocenters. The van der Waals surface area contributed by atoms with Gasteiger partial charge in [0, 0.05) is 0 Å². The second-order valence-electron chi connectivity index (χ2n) is 1.14. The topological polar surface area (TPSA) is 35.0 Å². The van der Waals surface area contributed by atoms with Gasteiger partial charge in [0.05, 0.1) is 7.85 Å². The Bertz CT molecular complexity index is 15.0. The van der Waals surface area contributed by atoms with Crippen molar-refractivity contribution in [2.24, 2.45) is 0 Å². The second kappa shape index (κ2) is 8.90. The number of unbranched alkanes of at least 4 members (excludes halogenated alkanes) is 1. The summed E-state index contributed by atoms with van der Waals surface area (Å²) in [5.74, 6) is 0. The van der Waals surface area contributed by atoms with Gasteiger partial charge in [-0.2, -0.15) is 0 Å². The van der Waals surface area contributed by atoms with E-state index in [0.29, 0.717) is 0 Å². The summed E-state index contributed by atoms with van der Waals surface area (Å²) >= 11 is 0. The van der Waals surface area contributed by atoms with E-state index in [-0.39, 0.29) is 6.15 Å². The van der Waals surface area contributed by atoms with Gasteiger partial charge in [0.2, 0.25) is 0 Å². The average Bonchev–Trinajstić information content (AvgIpc) is 1.41. The van der Waals surface area contributed by atoms with Crippen LogP contribution in [0.2, 0.25) is 6.32 Å². The summed E-state index contributed by atoms with van der Waals surface area (Å²) < 4.78 is 0. The van der Waals surface area contributed by atoms with E-state index in [1.165, 1.54) is 12.8 Å². The molecule has 2 radical (unpaired) electrons. The first kappa shape index (κ1) is 9.39. The first-order valence-electron chi connectivity index (χ1n) is 2.12. The fourth-order valence-electron chi connectivity index (χ4n) is 0.204. The minimum atomic E-state index is 0.